The normalized spacial score (nSPS) is 9.47. The van der Waals surface area contributed by atoms with Gasteiger partial charge in [0.2, 0.25) is 0 Å². The van der Waals surface area contributed by atoms with Crippen molar-refractivity contribution in [2.24, 2.45) is 0 Å². The molecule has 1 aliphatic rings. The van der Waals surface area contributed by atoms with Crippen molar-refractivity contribution in [3.63, 3.8) is 0 Å². The zero-order chi connectivity index (χ0) is 21.9. The van der Waals surface area contributed by atoms with Crippen LogP contribution in [0.2, 0.25) is 0 Å². The standard InChI is InChI=1S/C9H7.2C7H7.C5H5.2ClH.Si.Zr/c1-2-5-9-7-3-6-8(9)4-1;2*1-7-5-3-2-4-6-7;1-2-4-5-3-1;;;;/h1-7H;2*2-6H,1H2;1-3H,4H2;2*1H;;/q4*-1;;;;. The third kappa shape index (κ3) is 15.9. The predicted molar refractivity (Wildman–Crippen MR) is 143 cm³/mol. The Kier molecular flexibility index (Phi) is 22.6. The van der Waals surface area contributed by atoms with E-state index < -0.39 is 0 Å². The molecule has 4 heteroatoms. The molecule has 0 nitrogen and oxygen atoms in total. The fraction of sp³-hybridized carbons (Fsp3) is 0.0357. The molecule has 0 atom stereocenters. The molecule has 0 amide bonds. The molecule has 0 spiro atoms. The summed E-state index contributed by atoms with van der Waals surface area (Å²) in [6, 6.07) is 34.4. The molecule has 0 aliphatic heterocycles. The minimum atomic E-state index is 0. The Labute approximate surface area is 223 Å². The third-order valence-corrected chi connectivity index (χ3v) is 3.82. The van der Waals surface area contributed by atoms with Crippen molar-refractivity contribution in [1.29, 1.82) is 0 Å². The molecule has 0 aromatic heterocycles. The van der Waals surface area contributed by atoms with Gasteiger partial charge in [-0.15, -0.1) is 85.2 Å². The molecule has 0 saturated heterocycles. The van der Waals surface area contributed by atoms with E-state index in [2.05, 4.69) is 75.3 Å². The molecular weight excluding hydrogens is 527 g/mol. The number of benzene rings is 3. The van der Waals surface area contributed by atoms with Crippen LogP contribution in [0.25, 0.3) is 10.8 Å². The molecule has 4 aromatic rings. The molecule has 0 bridgehead atoms. The second-order valence-electron chi connectivity index (χ2n) is 6.13. The van der Waals surface area contributed by atoms with Gasteiger partial charge in [0.05, 0.1) is 0 Å². The molecule has 2 radical (unpaired) electrons. The van der Waals surface area contributed by atoms with Crippen molar-refractivity contribution in [3.05, 3.63) is 152 Å². The molecule has 5 rings (SSSR count). The van der Waals surface area contributed by atoms with E-state index in [0.717, 1.165) is 17.5 Å². The van der Waals surface area contributed by atoms with E-state index in [0.29, 0.717) is 0 Å². The van der Waals surface area contributed by atoms with Gasteiger partial charge in [-0.25, -0.2) is 12.2 Å². The van der Waals surface area contributed by atoms with Gasteiger partial charge in [0.25, 0.3) is 0 Å². The first-order chi connectivity index (χ1) is 14.8. The van der Waals surface area contributed by atoms with Crippen LogP contribution < -0.4 is 0 Å². The van der Waals surface area contributed by atoms with Crippen molar-refractivity contribution in [2.45, 2.75) is 6.42 Å². The van der Waals surface area contributed by atoms with Crippen LogP contribution >= 0.6 is 24.8 Å². The van der Waals surface area contributed by atoms with Gasteiger partial charge in [-0.2, -0.15) is 72.8 Å². The van der Waals surface area contributed by atoms with E-state index in [1.54, 1.807) is 0 Å². The fourth-order valence-electron chi connectivity index (χ4n) is 2.37. The van der Waals surface area contributed by atoms with Crippen LogP contribution in [0.5, 0.6) is 0 Å². The number of halogens is 2. The average Bonchev–Trinajstić information content (AvgIpc) is 3.52. The molecule has 0 N–H and O–H groups in total. The molecule has 0 unspecified atom stereocenters. The molecule has 4 aromatic carbocycles. The number of fused-ring (bicyclic) bond motifs is 1. The van der Waals surface area contributed by atoms with Crippen molar-refractivity contribution in [2.75, 3.05) is 0 Å². The summed E-state index contributed by atoms with van der Waals surface area (Å²) in [4.78, 5) is 0. The molecule has 166 valence electrons. The monoisotopic (exact) mass is 552 g/mol. The molecule has 0 saturated carbocycles. The molecular formula is C28H28Cl2SiZr-4. The summed E-state index contributed by atoms with van der Waals surface area (Å²) in [5.74, 6) is 0. The molecule has 1 aliphatic carbocycles. The summed E-state index contributed by atoms with van der Waals surface area (Å²) in [6.07, 6.45) is 10.0. The van der Waals surface area contributed by atoms with Crippen molar-refractivity contribution >= 4 is 42.5 Å². The maximum absolute atomic E-state index is 3.72. The van der Waals surface area contributed by atoms with Gasteiger partial charge in [0.1, 0.15) is 0 Å². The van der Waals surface area contributed by atoms with Gasteiger partial charge in [-0.3, -0.25) is 6.08 Å². The van der Waals surface area contributed by atoms with Crippen LogP contribution in [0.3, 0.4) is 0 Å². The minimum Gasteiger partial charge on any atom is -0.168 e. The topological polar surface area (TPSA) is 0 Å². The largest absolute Gasteiger partial charge is 0.168 e. The van der Waals surface area contributed by atoms with E-state index in [9.17, 15) is 0 Å². The quantitative estimate of drug-likeness (QED) is 0.152. The first-order valence-corrected chi connectivity index (χ1v) is 13.8. The van der Waals surface area contributed by atoms with Gasteiger partial charge in [0.15, 0.2) is 0 Å². The summed E-state index contributed by atoms with van der Waals surface area (Å²) >= 11 is 1.36. The van der Waals surface area contributed by atoms with E-state index in [1.165, 1.54) is 34.1 Å². The Balaban J connectivity index is 0. The Morgan fingerprint density at radius 2 is 1.22 bits per heavy atom. The summed E-state index contributed by atoms with van der Waals surface area (Å²) in [7, 11) is 0. The van der Waals surface area contributed by atoms with Crippen LogP contribution in [0.1, 0.15) is 17.5 Å². The number of allylic oxidation sites excluding steroid dienone is 4. The van der Waals surface area contributed by atoms with Gasteiger partial charge in [-0.05, 0) is 0 Å². The summed E-state index contributed by atoms with van der Waals surface area (Å²) in [5, 5.41) is 2.66. The zero-order valence-electron chi connectivity index (χ0n) is 18.0. The SMILES string of the molecule is Cl.Cl.[C-]1=CC=CC1.[CH2-]c1ccccc1.[CH2-]c1ccccc1.[Si]=[Zr].c1ccc2[cH-]ccc2c1. The van der Waals surface area contributed by atoms with Crippen LogP contribution in [0.15, 0.2) is 121 Å². The second kappa shape index (κ2) is 22.4. The summed E-state index contributed by atoms with van der Waals surface area (Å²) in [6.45, 7) is 10.5. The number of hydrogen-bond acceptors (Lipinski definition) is 0. The number of rotatable bonds is 0. The fourth-order valence-corrected chi connectivity index (χ4v) is 2.37. The molecule has 0 fully saturated rings. The van der Waals surface area contributed by atoms with Crippen LogP contribution in [0, 0.1) is 19.9 Å². The van der Waals surface area contributed by atoms with Gasteiger partial charge in [-0.1, -0.05) is 18.2 Å². The van der Waals surface area contributed by atoms with Crippen LogP contribution in [-0.4, -0.2) is 6.88 Å². The van der Waals surface area contributed by atoms with E-state index >= 15 is 0 Å². The smallest absolute Gasteiger partial charge is 0.0809 e. The van der Waals surface area contributed by atoms with Crippen molar-refractivity contribution in [3.8, 4) is 0 Å². The van der Waals surface area contributed by atoms with Gasteiger partial charge in [0, 0.05) is 0 Å². The van der Waals surface area contributed by atoms with E-state index in [4.69, 9.17) is 0 Å². The summed E-state index contributed by atoms with van der Waals surface area (Å²) in [5.41, 5.74) is 2.14. The second-order valence-corrected chi connectivity index (χ2v) is 6.13. The maximum Gasteiger partial charge on any atom is -0.0809 e. The van der Waals surface area contributed by atoms with Gasteiger partial charge < -0.3 is 0 Å². The Hall–Kier alpha value is -1.83. The number of hydrogen-bond donors (Lipinski definition) is 0. The van der Waals surface area contributed by atoms with Crippen LogP contribution in [-0.2, 0) is 23.3 Å². The third-order valence-electron chi connectivity index (χ3n) is 3.82. The molecule has 0 heterocycles. The van der Waals surface area contributed by atoms with E-state index in [-0.39, 0.29) is 24.8 Å². The Morgan fingerprint density at radius 1 is 0.719 bits per heavy atom. The maximum atomic E-state index is 3.72. The Morgan fingerprint density at radius 3 is 1.56 bits per heavy atom. The van der Waals surface area contributed by atoms with E-state index in [1.807, 2.05) is 72.8 Å². The zero-order valence-corrected chi connectivity index (χ0v) is 23.1. The first-order valence-electron chi connectivity index (χ1n) is 9.57. The first kappa shape index (κ1) is 32.4. The predicted octanol–water partition coefficient (Wildman–Crippen LogP) is 8.06. The molecule has 32 heavy (non-hydrogen) atoms. The Bertz CT molecular complexity index is 902. The average molecular weight is 555 g/mol. The summed E-state index contributed by atoms with van der Waals surface area (Å²) < 4.78 is 0. The minimum absolute atomic E-state index is 0. The van der Waals surface area contributed by atoms with Crippen LogP contribution in [0.4, 0.5) is 0 Å². The van der Waals surface area contributed by atoms with Crippen molar-refractivity contribution < 1.29 is 23.3 Å². The van der Waals surface area contributed by atoms with Crippen molar-refractivity contribution in [1.82, 2.24) is 0 Å². The van der Waals surface area contributed by atoms with Gasteiger partial charge >= 0.3 is 30.2 Å².